The number of piperidine rings is 1. The number of benzene rings is 1. The van der Waals surface area contributed by atoms with Crippen molar-refractivity contribution in [2.75, 3.05) is 40.5 Å². The number of methoxy groups -OCH3 is 2. The van der Waals surface area contributed by atoms with Gasteiger partial charge in [-0.2, -0.15) is 0 Å². The van der Waals surface area contributed by atoms with Crippen molar-refractivity contribution >= 4 is 6.03 Å². The summed E-state index contributed by atoms with van der Waals surface area (Å²) in [5, 5.41) is 2.90. The lowest BCUT2D eigenvalue weighted by molar-refractivity contribution is 0.157. The van der Waals surface area contributed by atoms with Gasteiger partial charge in [0, 0.05) is 26.7 Å². The third-order valence-electron chi connectivity index (χ3n) is 4.09. The zero-order valence-electron chi connectivity index (χ0n) is 13.5. The largest absolute Gasteiger partial charge is 0.496 e. The van der Waals surface area contributed by atoms with E-state index in [1.165, 1.54) is 5.56 Å². The van der Waals surface area contributed by atoms with E-state index >= 15 is 0 Å². The molecular weight excluding hydrogens is 280 g/mol. The van der Waals surface area contributed by atoms with Crippen LogP contribution in [0.4, 0.5) is 4.79 Å². The normalized spacial score (nSPS) is 18.1. The third-order valence-corrected chi connectivity index (χ3v) is 4.09. The second-order valence-corrected chi connectivity index (χ2v) is 5.69. The van der Waals surface area contributed by atoms with E-state index in [0.29, 0.717) is 19.1 Å². The maximum atomic E-state index is 12.1. The Kier molecular flexibility index (Phi) is 6.52. The predicted molar refractivity (Wildman–Crippen MR) is 86.3 cm³/mol. The molecule has 2 amide bonds. The van der Waals surface area contributed by atoms with E-state index < -0.39 is 0 Å². The summed E-state index contributed by atoms with van der Waals surface area (Å²) in [5.74, 6) is 1.42. The SMILES string of the molecule is COCCNC(=O)N1CCCC(Cc2ccccc2OC)C1. The monoisotopic (exact) mass is 306 g/mol. The summed E-state index contributed by atoms with van der Waals surface area (Å²) in [6, 6.07) is 8.14. The first-order chi connectivity index (χ1) is 10.7. The zero-order chi connectivity index (χ0) is 15.8. The van der Waals surface area contributed by atoms with Gasteiger partial charge in [0.1, 0.15) is 5.75 Å². The molecule has 1 aliphatic heterocycles. The van der Waals surface area contributed by atoms with E-state index in [4.69, 9.17) is 9.47 Å². The lowest BCUT2D eigenvalue weighted by Crippen LogP contribution is -2.46. The highest BCUT2D eigenvalue weighted by Gasteiger charge is 2.24. The molecule has 1 unspecified atom stereocenters. The van der Waals surface area contributed by atoms with Crippen LogP contribution in [0.25, 0.3) is 0 Å². The minimum atomic E-state index is 0.0155. The smallest absolute Gasteiger partial charge is 0.317 e. The maximum absolute atomic E-state index is 12.1. The Hall–Kier alpha value is -1.75. The van der Waals surface area contributed by atoms with Gasteiger partial charge in [-0.05, 0) is 36.8 Å². The van der Waals surface area contributed by atoms with Crippen LogP contribution in [-0.2, 0) is 11.2 Å². The Morgan fingerprint density at radius 1 is 1.36 bits per heavy atom. The van der Waals surface area contributed by atoms with Crippen molar-refractivity contribution in [1.82, 2.24) is 10.2 Å². The van der Waals surface area contributed by atoms with E-state index in [1.807, 2.05) is 23.1 Å². The molecule has 1 N–H and O–H groups in total. The van der Waals surface area contributed by atoms with Crippen molar-refractivity contribution in [3.63, 3.8) is 0 Å². The topological polar surface area (TPSA) is 50.8 Å². The average Bonchev–Trinajstić information content (AvgIpc) is 2.56. The van der Waals surface area contributed by atoms with Crippen LogP contribution in [0.2, 0.25) is 0 Å². The molecule has 0 spiro atoms. The number of carbonyl (C=O) groups excluding carboxylic acids is 1. The maximum Gasteiger partial charge on any atom is 0.317 e. The van der Waals surface area contributed by atoms with Crippen molar-refractivity contribution in [2.45, 2.75) is 19.3 Å². The van der Waals surface area contributed by atoms with Gasteiger partial charge >= 0.3 is 6.03 Å². The highest BCUT2D eigenvalue weighted by atomic mass is 16.5. The number of hydrogen-bond donors (Lipinski definition) is 1. The zero-order valence-corrected chi connectivity index (χ0v) is 13.5. The van der Waals surface area contributed by atoms with Gasteiger partial charge in [-0.3, -0.25) is 0 Å². The summed E-state index contributed by atoms with van der Waals surface area (Å²) >= 11 is 0. The van der Waals surface area contributed by atoms with E-state index in [0.717, 1.165) is 38.1 Å². The number of ether oxygens (including phenoxy) is 2. The van der Waals surface area contributed by atoms with Gasteiger partial charge in [0.05, 0.1) is 13.7 Å². The van der Waals surface area contributed by atoms with Gasteiger partial charge in [-0.15, -0.1) is 0 Å². The second kappa shape index (κ2) is 8.63. The van der Waals surface area contributed by atoms with E-state index in [1.54, 1.807) is 14.2 Å². The number of amides is 2. The van der Waals surface area contributed by atoms with Gasteiger partial charge < -0.3 is 19.7 Å². The van der Waals surface area contributed by atoms with Crippen molar-refractivity contribution in [1.29, 1.82) is 0 Å². The van der Waals surface area contributed by atoms with Gasteiger partial charge in [-0.25, -0.2) is 4.79 Å². The molecule has 1 saturated heterocycles. The molecule has 0 saturated carbocycles. The minimum Gasteiger partial charge on any atom is -0.496 e. The molecule has 1 atom stereocenters. The van der Waals surface area contributed by atoms with Crippen molar-refractivity contribution in [3.8, 4) is 5.75 Å². The van der Waals surface area contributed by atoms with Crippen LogP contribution < -0.4 is 10.1 Å². The van der Waals surface area contributed by atoms with Crippen LogP contribution in [0.3, 0.4) is 0 Å². The fourth-order valence-corrected chi connectivity index (χ4v) is 2.97. The Labute approximate surface area is 132 Å². The summed E-state index contributed by atoms with van der Waals surface area (Å²) in [6.07, 6.45) is 3.16. The summed E-state index contributed by atoms with van der Waals surface area (Å²) < 4.78 is 10.4. The Bertz CT molecular complexity index is 479. The number of para-hydroxylation sites is 1. The molecule has 5 nitrogen and oxygen atoms in total. The minimum absolute atomic E-state index is 0.0155. The summed E-state index contributed by atoms with van der Waals surface area (Å²) in [7, 11) is 3.34. The molecule has 1 heterocycles. The molecule has 0 radical (unpaired) electrons. The first-order valence-corrected chi connectivity index (χ1v) is 7.88. The molecule has 2 rings (SSSR count). The molecule has 0 bridgehead atoms. The molecule has 0 aromatic heterocycles. The molecule has 22 heavy (non-hydrogen) atoms. The molecule has 1 aromatic carbocycles. The van der Waals surface area contributed by atoms with Crippen LogP contribution in [0.1, 0.15) is 18.4 Å². The molecule has 1 aromatic rings. The first-order valence-electron chi connectivity index (χ1n) is 7.88. The van der Waals surface area contributed by atoms with Crippen LogP contribution in [-0.4, -0.2) is 51.4 Å². The lowest BCUT2D eigenvalue weighted by atomic mass is 9.91. The Balaban J connectivity index is 1.89. The number of hydrogen-bond acceptors (Lipinski definition) is 3. The van der Waals surface area contributed by atoms with Crippen molar-refractivity contribution in [2.24, 2.45) is 5.92 Å². The molecule has 1 aliphatic rings. The number of carbonyl (C=O) groups is 1. The van der Waals surface area contributed by atoms with Gasteiger partial charge in [0.25, 0.3) is 0 Å². The Morgan fingerprint density at radius 3 is 2.95 bits per heavy atom. The fraction of sp³-hybridized carbons (Fsp3) is 0.588. The van der Waals surface area contributed by atoms with Crippen LogP contribution in [0.5, 0.6) is 5.75 Å². The lowest BCUT2D eigenvalue weighted by Gasteiger charge is -2.33. The molecule has 5 heteroatoms. The number of likely N-dealkylation sites (tertiary alicyclic amines) is 1. The van der Waals surface area contributed by atoms with E-state index in [9.17, 15) is 4.79 Å². The summed E-state index contributed by atoms with van der Waals surface area (Å²) in [5.41, 5.74) is 1.22. The van der Waals surface area contributed by atoms with E-state index in [2.05, 4.69) is 11.4 Å². The number of nitrogens with one attached hydrogen (secondary N) is 1. The van der Waals surface area contributed by atoms with Crippen LogP contribution in [0, 0.1) is 5.92 Å². The van der Waals surface area contributed by atoms with Crippen molar-refractivity contribution in [3.05, 3.63) is 29.8 Å². The van der Waals surface area contributed by atoms with Crippen molar-refractivity contribution < 1.29 is 14.3 Å². The summed E-state index contributed by atoms with van der Waals surface area (Å²) in [4.78, 5) is 14.0. The third kappa shape index (κ3) is 4.63. The molecule has 1 fully saturated rings. The highest BCUT2D eigenvalue weighted by molar-refractivity contribution is 5.74. The number of nitrogens with zero attached hydrogens (tertiary/aromatic N) is 1. The van der Waals surface area contributed by atoms with Crippen LogP contribution in [0.15, 0.2) is 24.3 Å². The van der Waals surface area contributed by atoms with Gasteiger partial charge in [0.15, 0.2) is 0 Å². The quantitative estimate of drug-likeness (QED) is 0.821. The summed E-state index contributed by atoms with van der Waals surface area (Å²) in [6.45, 7) is 2.74. The van der Waals surface area contributed by atoms with E-state index in [-0.39, 0.29) is 6.03 Å². The average molecular weight is 306 g/mol. The van der Waals surface area contributed by atoms with Crippen LogP contribution >= 0.6 is 0 Å². The fourth-order valence-electron chi connectivity index (χ4n) is 2.97. The second-order valence-electron chi connectivity index (χ2n) is 5.69. The number of urea groups is 1. The first kappa shape index (κ1) is 16.6. The van der Waals surface area contributed by atoms with Gasteiger partial charge in [0.2, 0.25) is 0 Å². The number of rotatable bonds is 6. The van der Waals surface area contributed by atoms with Gasteiger partial charge in [-0.1, -0.05) is 18.2 Å². The molecule has 122 valence electrons. The highest BCUT2D eigenvalue weighted by Crippen LogP contribution is 2.25. The standard InChI is InChI=1S/C17H26N2O3/c1-21-11-9-18-17(20)19-10-5-6-14(13-19)12-15-7-3-4-8-16(15)22-2/h3-4,7-8,14H,5-6,9-13H2,1-2H3,(H,18,20). The molecule has 0 aliphatic carbocycles. The predicted octanol–water partition coefficient (Wildman–Crippen LogP) is 2.31. The molecular formula is C17H26N2O3. The Morgan fingerprint density at radius 2 is 2.18 bits per heavy atom.